The molecule has 1 saturated heterocycles. The maximum atomic E-state index is 13.3. The molecule has 0 radical (unpaired) electrons. The third-order valence-corrected chi connectivity index (χ3v) is 7.74. The Bertz CT molecular complexity index is 836. The molecule has 5 rings (SSSR count). The molecule has 30 heavy (non-hydrogen) atoms. The molecule has 1 aromatic carbocycles. The van der Waals surface area contributed by atoms with E-state index in [1.165, 1.54) is 18.2 Å². The van der Waals surface area contributed by atoms with Crippen LogP contribution in [0.5, 0.6) is 0 Å². The maximum Gasteiger partial charge on any atom is 0.416 e. The average Bonchev–Trinajstić information content (AvgIpc) is 3.26. The number of fused-ring (bicyclic) bond motifs is 3. The van der Waals surface area contributed by atoms with Crippen molar-refractivity contribution in [1.82, 2.24) is 9.62 Å². The van der Waals surface area contributed by atoms with Crippen molar-refractivity contribution in [3.63, 3.8) is 0 Å². The molecule has 2 N–H and O–H groups in total. The Morgan fingerprint density at radius 1 is 1.10 bits per heavy atom. The number of alkyl halides is 3. The van der Waals surface area contributed by atoms with Crippen molar-refractivity contribution in [2.45, 2.75) is 63.1 Å². The lowest BCUT2D eigenvalue weighted by Crippen LogP contribution is -2.56. The van der Waals surface area contributed by atoms with E-state index < -0.39 is 23.2 Å². The van der Waals surface area contributed by atoms with Crippen molar-refractivity contribution >= 4 is 23.7 Å². The predicted octanol–water partition coefficient (Wildman–Crippen LogP) is 5.12. The van der Waals surface area contributed by atoms with Crippen molar-refractivity contribution < 1.29 is 18.0 Å². The Hall–Kier alpha value is -1.92. The molecule has 4 fully saturated rings. The fourth-order valence-electron chi connectivity index (χ4n) is 4.74. The van der Waals surface area contributed by atoms with Crippen molar-refractivity contribution in [1.29, 1.82) is 5.26 Å². The van der Waals surface area contributed by atoms with Gasteiger partial charge in [0.15, 0.2) is 0 Å². The van der Waals surface area contributed by atoms with Gasteiger partial charge >= 0.3 is 6.18 Å². The van der Waals surface area contributed by atoms with Gasteiger partial charge in [0, 0.05) is 30.8 Å². The van der Waals surface area contributed by atoms with Gasteiger partial charge in [-0.15, -0.1) is 0 Å². The van der Waals surface area contributed by atoms with E-state index in [1.54, 1.807) is 0 Å². The summed E-state index contributed by atoms with van der Waals surface area (Å²) in [7, 11) is 0. The predicted molar refractivity (Wildman–Crippen MR) is 109 cm³/mol. The molecule has 0 spiro atoms. The minimum atomic E-state index is -4.52. The van der Waals surface area contributed by atoms with Crippen molar-refractivity contribution in [3.8, 4) is 6.07 Å². The van der Waals surface area contributed by atoms with E-state index in [0.717, 1.165) is 57.3 Å². The zero-order valence-electron chi connectivity index (χ0n) is 16.6. The molecule has 0 unspecified atom stereocenters. The van der Waals surface area contributed by atoms with Gasteiger partial charge in [0.05, 0.1) is 28.3 Å². The fraction of sp³-hybridized carbons (Fsp3) is 0.619. The summed E-state index contributed by atoms with van der Waals surface area (Å²) in [5.74, 6) is -0.489. The van der Waals surface area contributed by atoms with E-state index in [2.05, 4.69) is 20.4 Å². The molecule has 0 aromatic heterocycles. The van der Waals surface area contributed by atoms with Crippen molar-refractivity contribution in [2.24, 2.45) is 5.41 Å². The first-order valence-corrected chi connectivity index (χ1v) is 11.1. The Kier molecular flexibility index (Phi) is 5.66. The molecule has 5 nitrogen and oxygen atoms in total. The second kappa shape index (κ2) is 7.97. The minimum Gasteiger partial charge on any atom is -0.347 e. The van der Waals surface area contributed by atoms with Crippen molar-refractivity contribution in [3.05, 3.63) is 29.3 Å². The smallest absolute Gasteiger partial charge is 0.347 e. The zero-order valence-corrected chi connectivity index (χ0v) is 17.5. The van der Waals surface area contributed by atoms with E-state index >= 15 is 0 Å². The fourth-order valence-corrected chi connectivity index (χ4v) is 5.59. The molecule has 3 saturated carbocycles. The lowest BCUT2D eigenvalue weighted by atomic mass is 9.58. The molecule has 2 bridgehead atoms. The highest BCUT2D eigenvalue weighted by Crippen LogP contribution is 2.52. The molecule has 1 amide bonds. The summed E-state index contributed by atoms with van der Waals surface area (Å²) in [6, 6.07) is 5.70. The largest absolute Gasteiger partial charge is 0.416 e. The number of benzene rings is 1. The van der Waals surface area contributed by atoms with Gasteiger partial charge in [-0.25, -0.2) is 4.31 Å². The van der Waals surface area contributed by atoms with Gasteiger partial charge in [-0.1, -0.05) is 0 Å². The quantitative estimate of drug-likeness (QED) is 0.625. The second-order valence-corrected chi connectivity index (χ2v) is 9.62. The molecule has 1 heterocycles. The van der Waals surface area contributed by atoms with Gasteiger partial charge in [-0.3, -0.25) is 4.79 Å². The molecule has 0 atom stereocenters. The van der Waals surface area contributed by atoms with Crippen LogP contribution in [0.25, 0.3) is 0 Å². The first-order chi connectivity index (χ1) is 14.2. The van der Waals surface area contributed by atoms with E-state index in [-0.39, 0.29) is 11.0 Å². The van der Waals surface area contributed by atoms with E-state index in [9.17, 15) is 23.2 Å². The summed E-state index contributed by atoms with van der Waals surface area (Å²) in [5, 5.41) is 12.5. The number of carbonyl (C=O) groups excluding carboxylic acids is 1. The summed E-state index contributed by atoms with van der Waals surface area (Å²) in [6.07, 6.45) is 1.90. The Balaban J connectivity index is 1.54. The van der Waals surface area contributed by atoms with Crippen LogP contribution in [0.1, 0.15) is 67.3 Å². The highest BCUT2D eigenvalue weighted by atomic mass is 32.2. The van der Waals surface area contributed by atoms with Gasteiger partial charge in [-0.05, 0) is 69.6 Å². The van der Waals surface area contributed by atoms with E-state index in [1.807, 2.05) is 0 Å². The molecule has 162 valence electrons. The molecule has 4 aliphatic rings. The first-order valence-electron chi connectivity index (χ1n) is 10.4. The Morgan fingerprint density at radius 3 is 2.30 bits per heavy atom. The standard InChI is InChI=1S/C21H25F3N4OS/c22-21(23,24)15-3-4-17(27-30-28-11-1-2-12-28)16(13-15)18(29)26-20-8-5-19(14-25,6-9-20)7-10-20/h3-4,13,27H,1-2,5-12H2,(H,26,29). The summed E-state index contributed by atoms with van der Waals surface area (Å²) >= 11 is 1.33. The van der Waals surface area contributed by atoms with Crippen LogP contribution < -0.4 is 10.0 Å². The molecule has 1 aliphatic heterocycles. The van der Waals surface area contributed by atoms with Crippen molar-refractivity contribution in [2.75, 3.05) is 17.8 Å². The zero-order chi connectivity index (χ0) is 21.4. The van der Waals surface area contributed by atoms with Gasteiger partial charge in [-0.2, -0.15) is 18.4 Å². The highest BCUT2D eigenvalue weighted by Gasteiger charge is 2.49. The lowest BCUT2D eigenvalue weighted by Gasteiger charge is -2.50. The normalized spacial score (nSPS) is 28.9. The summed E-state index contributed by atoms with van der Waals surface area (Å²) in [4.78, 5) is 13.1. The topological polar surface area (TPSA) is 68.2 Å². The molecule has 9 heteroatoms. The van der Waals surface area contributed by atoms with Crippen LogP contribution in [-0.2, 0) is 6.18 Å². The van der Waals surface area contributed by atoms with Crippen LogP contribution in [0.2, 0.25) is 0 Å². The Labute approximate surface area is 178 Å². The number of rotatable bonds is 5. The van der Waals surface area contributed by atoms with Gasteiger partial charge in [0.1, 0.15) is 0 Å². The number of nitriles is 1. The number of nitrogens with zero attached hydrogens (tertiary/aromatic N) is 2. The molecule has 1 aromatic rings. The van der Waals surface area contributed by atoms with Crippen LogP contribution in [0, 0.1) is 16.7 Å². The third kappa shape index (κ3) is 4.26. The number of amides is 1. The molecular formula is C21H25F3N4OS. The molecular weight excluding hydrogens is 413 g/mol. The summed E-state index contributed by atoms with van der Waals surface area (Å²) < 4.78 is 45.0. The molecule has 3 aliphatic carbocycles. The number of carbonyl (C=O) groups is 1. The Morgan fingerprint density at radius 2 is 1.73 bits per heavy atom. The van der Waals surface area contributed by atoms with E-state index in [0.29, 0.717) is 24.9 Å². The first kappa shape index (κ1) is 21.3. The summed E-state index contributed by atoms with van der Waals surface area (Å²) in [5.41, 5.74) is -1.16. The highest BCUT2D eigenvalue weighted by molar-refractivity contribution is 7.98. The van der Waals surface area contributed by atoms with Crippen LogP contribution >= 0.6 is 12.1 Å². The lowest BCUT2D eigenvalue weighted by molar-refractivity contribution is -0.137. The monoisotopic (exact) mass is 438 g/mol. The number of hydrogen-bond donors (Lipinski definition) is 2. The van der Waals surface area contributed by atoms with Gasteiger partial charge < -0.3 is 10.0 Å². The minimum absolute atomic E-state index is 0.00795. The van der Waals surface area contributed by atoms with Crippen LogP contribution in [0.4, 0.5) is 18.9 Å². The van der Waals surface area contributed by atoms with Crippen LogP contribution in [-0.4, -0.2) is 28.8 Å². The third-order valence-electron chi connectivity index (χ3n) is 6.80. The maximum absolute atomic E-state index is 13.3. The number of hydrogen-bond acceptors (Lipinski definition) is 5. The number of nitrogens with one attached hydrogen (secondary N) is 2. The average molecular weight is 439 g/mol. The second-order valence-electron chi connectivity index (χ2n) is 8.71. The van der Waals surface area contributed by atoms with Gasteiger partial charge in [0.25, 0.3) is 5.91 Å². The van der Waals surface area contributed by atoms with E-state index in [4.69, 9.17) is 0 Å². The SMILES string of the molecule is N#CC12CCC(NC(=O)c3cc(C(F)(F)F)ccc3NSN3CCCC3)(CC1)CC2. The number of anilines is 1. The number of halogens is 3. The van der Waals surface area contributed by atoms with Crippen LogP contribution in [0.15, 0.2) is 18.2 Å². The van der Waals surface area contributed by atoms with Gasteiger partial charge in [0.2, 0.25) is 0 Å². The van der Waals surface area contributed by atoms with Crippen LogP contribution in [0.3, 0.4) is 0 Å². The summed E-state index contributed by atoms with van der Waals surface area (Å²) in [6.45, 7) is 1.81.